The van der Waals surface area contributed by atoms with Gasteiger partial charge in [0.15, 0.2) is 23.2 Å². The summed E-state index contributed by atoms with van der Waals surface area (Å²) in [6.07, 6.45) is -1.95. The van der Waals surface area contributed by atoms with Crippen LogP contribution < -0.4 is 10.6 Å². The molecule has 6 rings (SSSR count). The summed E-state index contributed by atoms with van der Waals surface area (Å²) >= 11 is 0. The van der Waals surface area contributed by atoms with Gasteiger partial charge in [-0.15, -0.1) is 0 Å². The maximum atomic E-state index is 11.3. The summed E-state index contributed by atoms with van der Waals surface area (Å²) in [5.74, 6) is 1.07. The molecule has 45 heavy (non-hydrogen) atoms. The zero-order valence-corrected chi connectivity index (χ0v) is 25.1. The molecule has 0 aliphatic carbocycles. The molecule has 4 aromatic rings. The minimum Gasteiger partial charge on any atom is -0.465 e. The predicted octanol–water partition coefficient (Wildman–Crippen LogP) is 2.57. The van der Waals surface area contributed by atoms with Crippen LogP contribution in [-0.2, 0) is 16.0 Å². The molecule has 2 aromatic carbocycles. The van der Waals surface area contributed by atoms with Crippen LogP contribution in [0.2, 0.25) is 0 Å². The number of hydrogen-bond acceptors (Lipinski definition) is 10. The third-order valence-electron chi connectivity index (χ3n) is 8.60. The first-order chi connectivity index (χ1) is 21.9. The summed E-state index contributed by atoms with van der Waals surface area (Å²) in [6.45, 7) is 1.94. The topological polar surface area (TPSA) is 167 Å². The van der Waals surface area contributed by atoms with Crippen LogP contribution in [0.1, 0.15) is 41.9 Å². The number of amides is 1. The molecule has 2 fully saturated rings. The maximum Gasteiger partial charge on any atom is 0.407 e. The number of likely N-dealkylation sites (tertiary alicyclic amines) is 1. The molecular weight excluding hydrogens is 578 g/mol. The van der Waals surface area contributed by atoms with Gasteiger partial charge in [0.2, 0.25) is 0 Å². The average Bonchev–Trinajstić information content (AvgIpc) is 3.61. The van der Waals surface area contributed by atoms with E-state index in [4.69, 9.17) is 19.4 Å². The number of aromatic nitrogens is 4. The highest BCUT2D eigenvalue weighted by Gasteiger charge is 2.44. The van der Waals surface area contributed by atoms with Gasteiger partial charge >= 0.3 is 6.09 Å². The van der Waals surface area contributed by atoms with Gasteiger partial charge in [-0.2, -0.15) is 0 Å². The molecule has 0 bridgehead atoms. The second-order valence-corrected chi connectivity index (χ2v) is 11.5. The number of nitrogens with one attached hydrogen (secondary N) is 2. The Hall–Kier alpha value is -4.14. The number of carbonyl (C=O) groups is 1. The van der Waals surface area contributed by atoms with Crippen LogP contribution in [0.4, 0.5) is 10.6 Å². The molecule has 1 amide bonds. The van der Waals surface area contributed by atoms with Gasteiger partial charge in [0.05, 0.1) is 19.5 Å². The van der Waals surface area contributed by atoms with E-state index >= 15 is 0 Å². The van der Waals surface area contributed by atoms with E-state index in [1.807, 2.05) is 36.4 Å². The van der Waals surface area contributed by atoms with E-state index < -0.39 is 30.6 Å². The van der Waals surface area contributed by atoms with E-state index in [0.29, 0.717) is 61.8 Å². The Morgan fingerprint density at radius 1 is 1.02 bits per heavy atom. The molecule has 2 aromatic heterocycles. The van der Waals surface area contributed by atoms with Crippen LogP contribution in [0.15, 0.2) is 67.0 Å². The van der Waals surface area contributed by atoms with Crippen LogP contribution in [0.3, 0.4) is 0 Å². The highest BCUT2D eigenvalue weighted by atomic mass is 16.6. The van der Waals surface area contributed by atoms with E-state index in [2.05, 4.69) is 39.9 Å². The minimum absolute atomic E-state index is 0.0328. The van der Waals surface area contributed by atoms with Crippen molar-refractivity contribution in [1.82, 2.24) is 29.7 Å². The number of nitrogens with zero attached hydrogens (tertiary/aromatic N) is 5. The molecule has 2 saturated heterocycles. The normalized spacial score (nSPS) is 22.4. The third-order valence-corrected chi connectivity index (χ3v) is 8.60. The van der Waals surface area contributed by atoms with Crippen LogP contribution in [0, 0.1) is 0 Å². The molecule has 238 valence electrons. The average molecular weight is 618 g/mol. The Kier molecular flexibility index (Phi) is 9.52. The van der Waals surface area contributed by atoms with Crippen LogP contribution in [0.5, 0.6) is 0 Å². The number of imidazole rings is 1. The molecule has 2 aliphatic rings. The monoisotopic (exact) mass is 617 g/mol. The number of methoxy groups -OCH3 is 1. The lowest BCUT2D eigenvalue weighted by Crippen LogP contribution is -2.44. The van der Waals surface area contributed by atoms with E-state index in [1.54, 1.807) is 10.9 Å². The quantitative estimate of drug-likeness (QED) is 0.168. The van der Waals surface area contributed by atoms with E-state index in [-0.39, 0.29) is 18.6 Å². The van der Waals surface area contributed by atoms with E-state index in [9.17, 15) is 20.1 Å². The number of anilines is 1. The molecule has 0 saturated carbocycles. The summed E-state index contributed by atoms with van der Waals surface area (Å²) < 4.78 is 12.8. The Bertz CT molecular complexity index is 1530. The summed E-state index contributed by atoms with van der Waals surface area (Å²) in [6, 6.07) is 20.6. The Balaban J connectivity index is 1.30. The number of benzene rings is 2. The molecule has 0 spiro atoms. The van der Waals surface area contributed by atoms with E-state index in [0.717, 1.165) is 11.1 Å². The molecule has 0 radical (unpaired) electrons. The Morgan fingerprint density at radius 2 is 1.69 bits per heavy atom. The largest absolute Gasteiger partial charge is 0.465 e. The number of hydrogen-bond donors (Lipinski definition) is 5. The molecule has 2 aliphatic heterocycles. The van der Waals surface area contributed by atoms with Gasteiger partial charge in [-0.3, -0.25) is 4.57 Å². The highest BCUT2D eigenvalue weighted by molar-refractivity contribution is 5.83. The SMILES string of the molecule is COC[C@H]1O[C@@H](n2cnc3c(NCC(c4ccccc4)c4ccccc4)nc(CNC4CCN(C(=O)O)CC4)nc32)[C@H](O)[C@@H]1O. The predicted molar refractivity (Wildman–Crippen MR) is 166 cm³/mol. The molecule has 5 N–H and O–H groups in total. The lowest BCUT2D eigenvalue weighted by Gasteiger charge is -2.30. The van der Waals surface area contributed by atoms with Crippen molar-refractivity contribution in [2.75, 3.05) is 38.7 Å². The molecule has 13 nitrogen and oxygen atoms in total. The maximum absolute atomic E-state index is 11.3. The van der Waals surface area contributed by atoms with Crippen molar-refractivity contribution in [3.63, 3.8) is 0 Å². The van der Waals surface area contributed by atoms with Gasteiger partial charge in [0.25, 0.3) is 0 Å². The first-order valence-electron chi connectivity index (χ1n) is 15.2. The molecular formula is C32H39N7O6. The first-order valence-corrected chi connectivity index (χ1v) is 15.2. The van der Waals surface area contributed by atoms with Crippen molar-refractivity contribution in [1.29, 1.82) is 0 Å². The summed E-state index contributed by atoms with van der Waals surface area (Å²) in [5.41, 5.74) is 3.27. The van der Waals surface area contributed by atoms with Gasteiger partial charge < -0.3 is 40.3 Å². The van der Waals surface area contributed by atoms with Crippen LogP contribution in [-0.4, -0.2) is 104 Å². The zero-order valence-electron chi connectivity index (χ0n) is 25.1. The van der Waals surface area contributed by atoms with Crippen molar-refractivity contribution in [2.24, 2.45) is 0 Å². The molecule has 0 unspecified atom stereocenters. The van der Waals surface area contributed by atoms with Crippen molar-refractivity contribution < 1.29 is 29.6 Å². The minimum atomic E-state index is -1.21. The number of rotatable bonds is 11. The second-order valence-electron chi connectivity index (χ2n) is 11.5. The summed E-state index contributed by atoms with van der Waals surface area (Å²) in [5, 5.41) is 37.8. The second kappa shape index (κ2) is 13.9. The van der Waals surface area contributed by atoms with Crippen molar-refractivity contribution in [2.45, 2.75) is 55.9 Å². The smallest absolute Gasteiger partial charge is 0.407 e. The fourth-order valence-electron chi connectivity index (χ4n) is 6.12. The summed E-state index contributed by atoms with van der Waals surface area (Å²) in [7, 11) is 1.51. The fourth-order valence-corrected chi connectivity index (χ4v) is 6.12. The third kappa shape index (κ3) is 6.77. The fraction of sp³-hybridized carbons (Fsp3) is 0.438. The van der Waals surface area contributed by atoms with Gasteiger partial charge in [0, 0.05) is 38.7 Å². The molecule has 13 heteroatoms. The number of fused-ring (bicyclic) bond motifs is 1. The van der Waals surface area contributed by atoms with Crippen LogP contribution >= 0.6 is 0 Å². The van der Waals surface area contributed by atoms with Gasteiger partial charge in [-0.1, -0.05) is 60.7 Å². The van der Waals surface area contributed by atoms with Gasteiger partial charge in [-0.25, -0.2) is 19.7 Å². The van der Waals surface area contributed by atoms with Crippen molar-refractivity contribution in [3.05, 3.63) is 83.9 Å². The van der Waals surface area contributed by atoms with Gasteiger partial charge in [0.1, 0.15) is 24.1 Å². The van der Waals surface area contributed by atoms with E-state index in [1.165, 1.54) is 12.0 Å². The summed E-state index contributed by atoms with van der Waals surface area (Å²) in [4.78, 5) is 27.1. The Morgan fingerprint density at radius 3 is 2.31 bits per heavy atom. The Labute approximate surface area is 260 Å². The molecule has 4 atom stereocenters. The number of aliphatic hydroxyl groups excluding tert-OH is 2. The lowest BCUT2D eigenvalue weighted by atomic mass is 9.91. The first kappa shape index (κ1) is 30.9. The number of piperidine rings is 1. The van der Waals surface area contributed by atoms with Crippen molar-refractivity contribution in [3.8, 4) is 0 Å². The number of ether oxygens (including phenoxy) is 2. The van der Waals surface area contributed by atoms with Crippen LogP contribution in [0.25, 0.3) is 11.2 Å². The standard InChI is InChI=1S/C32H39N7O6/c1-44-18-24-27(40)28(41)31(45-24)39-19-35-26-29(34-16-23(20-8-4-2-5-9-20)21-10-6-3-7-11-21)36-25(37-30(26)39)17-33-22-12-14-38(15-13-22)32(42)43/h2-11,19,22-24,27-28,31,33,40-41H,12-18H2,1H3,(H,42,43)(H,34,36,37)/t24-,27-,28-,31-/m1/s1. The number of aliphatic hydroxyl groups is 2. The number of carboxylic acid groups (broad SMARTS) is 1. The highest BCUT2D eigenvalue weighted by Crippen LogP contribution is 2.33. The van der Waals surface area contributed by atoms with Gasteiger partial charge in [-0.05, 0) is 24.0 Å². The lowest BCUT2D eigenvalue weighted by molar-refractivity contribution is -0.0580. The molecule has 4 heterocycles. The van der Waals surface area contributed by atoms with Crippen molar-refractivity contribution >= 4 is 23.1 Å². The zero-order chi connectivity index (χ0) is 31.3.